The molecule has 0 aliphatic carbocycles. The molecule has 0 saturated carbocycles. The third-order valence-electron chi connectivity index (χ3n) is 13.6. The Morgan fingerprint density at radius 3 is 1.45 bits per heavy atom. The number of aryl methyl sites for hydroxylation is 2. The fourth-order valence-electron chi connectivity index (χ4n) is 10.2. The van der Waals surface area contributed by atoms with Gasteiger partial charge in [-0.3, -0.25) is 38.5 Å². The third-order valence-corrected chi connectivity index (χ3v) is 13.6. The van der Waals surface area contributed by atoms with E-state index in [1.54, 1.807) is 22.0 Å². The summed E-state index contributed by atoms with van der Waals surface area (Å²) in [6.45, 7) is 1.99. The van der Waals surface area contributed by atoms with Crippen LogP contribution in [0.3, 0.4) is 0 Å². The van der Waals surface area contributed by atoms with Gasteiger partial charge in [-0.2, -0.15) is 0 Å². The van der Waals surface area contributed by atoms with E-state index in [4.69, 9.17) is 4.74 Å². The summed E-state index contributed by atoms with van der Waals surface area (Å²) in [6, 6.07) is 49.6. The summed E-state index contributed by atoms with van der Waals surface area (Å²) < 4.78 is 9.62. The zero-order chi connectivity index (χ0) is 48.7. The van der Waals surface area contributed by atoms with Gasteiger partial charge in [0.2, 0.25) is 10.9 Å². The minimum Gasteiger partial charge on any atom is -0.502 e. The van der Waals surface area contributed by atoms with Crippen molar-refractivity contribution in [3.05, 3.63) is 259 Å². The Morgan fingerprint density at radius 1 is 0.479 bits per heavy atom. The topological polar surface area (TPSA) is 121 Å². The van der Waals surface area contributed by atoms with E-state index in [1.807, 2.05) is 82.4 Å². The highest BCUT2D eigenvalue weighted by Crippen LogP contribution is 2.37. The molecule has 4 bridgehead atoms. The zero-order valence-electron chi connectivity index (χ0n) is 39.5. The Morgan fingerprint density at radius 2 is 0.915 bits per heavy atom. The van der Waals surface area contributed by atoms with Crippen LogP contribution in [0.2, 0.25) is 0 Å². The van der Waals surface area contributed by atoms with Crippen LogP contribution in [-0.4, -0.2) is 62.5 Å². The Kier molecular flexibility index (Phi) is 13.8. The molecule has 2 unspecified atom stereocenters. The highest BCUT2D eigenvalue weighted by molar-refractivity contribution is 5.97. The van der Waals surface area contributed by atoms with Crippen molar-refractivity contribution < 1.29 is 19.4 Å². The van der Waals surface area contributed by atoms with Gasteiger partial charge in [-0.25, -0.2) is 0 Å². The highest BCUT2D eigenvalue weighted by Gasteiger charge is 2.39. The number of aromatic nitrogens is 2. The summed E-state index contributed by atoms with van der Waals surface area (Å²) in [7, 11) is 0. The lowest BCUT2D eigenvalue weighted by Gasteiger charge is -2.44. The number of hydrogen-bond acceptors (Lipinski definition) is 8. The molecule has 6 heterocycles. The van der Waals surface area contributed by atoms with Crippen LogP contribution in [0.1, 0.15) is 97.7 Å². The van der Waals surface area contributed by atoms with Gasteiger partial charge < -0.3 is 19.6 Å². The second kappa shape index (κ2) is 21.1. The maximum atomic E-state index is 14.0. The number of carbonyl (C=O) groups excluding carboxylic acids is 2. The smallest absolute Gasteiger partial charge is 0.277 e. The first kappa shape index (κ1) is 46.4. The quantitative estimate of drug-likeness (QED) is 0.170. The summed E-state index contributed by atoms with van der Waals surface area (Å²) in [4.78, 5) is 56.1. The molecule has 2 atom stereocenters. The zero-order valence-corrected chi connectivity index (χ0v) is 39.5. The van der Waals surface area contributed by atoms with Crippen LogP contribution in [0.4, 0.5) is 0 Å². The first-order valence-corrected chi connectivity index (χ1v) is 24.4. The largest absolute Gasteiger partial charge is 0.502 e. The van der Waals surface area contributed by atoms with Crippen LogP contribution in [0.25, 0.3) is 0 Å². The molecule has 5 aromatic carbocycles. The van der Waals surface area contributed by atoms with E-state index in [9.17, 15) is 24.3 Å². The number of hydrogen-bond donors (Lipinski definition) is 1. The Labute approximate surface area is 413 Å². The molecule has 12 heteroatoms. The summed E-state index contributed by atoms with van der Waals surface area (Å²) in [5.74, 6) is -0.946. The SMILES string of the molecule is O=C1c2c(O)c(=O)ccn2N2CN1CC/C=C/CCc1ccccc1C2c1ccccc1.O=C1c2c(OCc3ccccc3)c(=O)ccn2N2CN1CCC=CCCc1ccccc1C2c1ccccc1. The van der Waals surface area contributed by atoms with Crippen molar-refractivity contribution in [3.63, 3.8) is 0 Å². The van der Waals surface area contributed by atoms with Crippen molar-refractivity contribution in [1.82, 2.24) is 19.2 Å². The fourth-order valence-corrected chi connectivity index (χ4v) is 10.2. The molecule has 0 radical (unpaired) electrons. The Balaban J connectivity index is 0.000000167. The molecular formula is C59H56N6O6. The van der Waals surface area contributed by atoms with Gasteiger partial charge in [-0.15, -0.1) is 0 Å². The molecule has 71 heavy (non-hydrogen) atoms. The molecule has 1 N–H and O–H groups in total. The van der Waals surface area contributed by atoms with Gasteiger partial charge in [0, 0.05) is 37.6 Å². The summed E-state index contributed by atoms with van der Waals surface area (Å²) in [5, 5.41) is 14.8. The number of carbonyl (C=O) groups is 2. The van der Waals surface area contributed by atoms with Crippen molar-refractivity contribution in [2.75, 3.05) is 36.4 Å². The number of benzene rings is 5. The minimum atomic E-state index is -0.552. The lowest BCUT2D eigenvalue weighted by molar-refractivity contribution is 0.0674. The average Bonchev–Trinajstić information content (AvgIpc) is 3.40. The molecule has 11 rings (SSSR count). The molecule has 0 fully saturated rings. The van der Waals surface area contributed by atoms with Gasteiger partial charge in [-0.05, 0) is 77.5 Å². The van der Waals surface area contributed by atoms with Gasteiger partial charge >= 0.3 is 0 Å². The summed E-state index contributed by atoms with van der Waals surface area (Å²) in [5.41, 5.74) is 7.38. The lowest BCUT2D eigenvalue weighted by Crippen LogP contribution is -2.56. The van der Waals surface area contributed by atoms with Gasteiger partial charge in [0.15, 0.2) is 22.9 Å². The first-order chi connectivity index (χ1) is 34.9. The maximum Gasteiger partial charge on any atom is 0.277 e. The third kappa shape index (κ3) is 9.65. The van der Waals surface area contributed by atoms with Crippen molar-refractivity contribution in [2.45, 2.75) is 57.2 Å². The normalized spacial score (nSPS) is 18.1. The number of aromatic hydroxyl groups is 1. The predicted molar refractivity (Wildman–Crippen MR) is 276 cm³/mol. The molecule has 358 valence electrons. The van der Waals surface area contributed by atoms with E-state index < -0.39 is 11.2 Å². The van der Waals surface area contributed by atoms with Crippen molar-refractivity contribution in [2.24, 2.45) is 0 Å². The van der Waals surface area contributed by atoms with Crippen LogP contribution in [0.15, 0.2) is 198 Å². The lowest BCUT2D eigenvalue weighted by atomic mass is 9.91. The number of allylic oxidation sites excluding steroid dienone is 2. The molecule has 2 aromatic heterocycles. The maximum absolute atomic E-state index is 14.0. The predicted octanol–water partition coefficient (Wildman–Crippen LogP) is 9.05. The molecule has 7 aromatic rings. The van der Waals surface area contributed by atoms with E-state index in [-0.39, 0.29) is 53.1 Å². The summed E-state index contributed by atoms with van der Waals surface area (Å²) in [6.07, 6.45) is 17.1. The number of ether oxygens (including phenoxy) is 1. The number of nitrogens with zero attached hydrogens (tertiary/aromatic N) is 6. The van der Waals surface area contributed by atoms with E-state index in [0.29, 0.717) is 26.4 Å². The molecule has 0 spiro atoms. The molecule has 4 aliphatic heterocycles. The van der Waals surface area contributed by atoms with E-state index >= 15 is 0 Å². The van der Waals surface area contributed by atoms with Gasteiger partial charge in [-0.1, -0.05) is 164 Å². The molecule has 4 aliphatic rings. The molecule has 12 nitrogen and oxygen atoms in total. The van der Waals surface area contributed by atoms with Gasteiger partial charge in [0.25, 0.3) is 11.8 Å². The van der Waals surface area contributed by atoms with Crippen molar-refractivity contribution in [1.29, 1.82) is 0 Å². The number of fused-ring (bicyclic) bond motifs is 10. The second-order valence-electron chi connectivity index (χ2n) is 18.1. The van der Waals surface area contributed by atoms with Gasteiger partial charge in [0.05, 0.1) is 12.1 Å². The molecule has 2 amide bonds. The Bertz CT molecular complexity index is 3210. The number of pyridine rings is 2. The van der Waals surface area contributed by atoms with Crippen LogP contribution in [0, 0.1) is 0 Å². The average molecular weight is 945 g/mol. The number of rotatable bonds is 5. The van der Waals surface area contributed by atoms with Crippen LogP contribution in [-0.2, 0) is 19.4 Å². The minimum absolute atomic E-state index is 0.0169. The van der Waals surface area contributed by atoms with Crippen LogP contribution < -0.4 is 25.6 Å². The van der Waals surface area contributed by atoms with Crippen molar-refractivity contribution in [3.8, 4) is 11.5 Å². The number of amides is 2. The standard InChI is InChI=1S/C33H31N3O3.C26H25N3O3/c37-29-20-22-35-31(32(29)39-23-25-13-5-3-6-14-25)33(38)34-21-12-2-1-7-15-26-16-10-11-19-28(26)30(36(35)24-34)27-17-8-4-9-18-27;30-22-15-17-28-24(25(22)31)26(32)27-16-9-2-1-4-10-19-11-7-8-14-21(19)23(29(28)18-27)20-12-5-3-6-13-20/h1-6,8-11,13-14,16-20,22,30H,7,12,15,21,23-24H2;1-3,5-8,11-15,17,23,31H,4,9-10,16,18H2/b;2-1+. The van der Waals surface area contributed by atoms with Gasteiger partial charge in [0.1, 0.15) is 19.9 Å². The van der Waals surface area contributed by atoms with Crippen LogP contribution in [0.5, 0.6) is 11.5 Å². The highest BCUT2D eigenvalue weighted by atomic mass is 16.5. The van der Waals surface area contributed by atoms with E-state index in [1.165, 1.54) is 28.8 Å². The molecule has 0 saturated heterocycles. The monoisotopic (exact) mass is 944 g/mol. The second-order valence-corrected chi connectivity index (χ2v) is 18.1. The first-order valence-electron chi connectivity index (χ1n) is 24.4. The van der Waals surface area contributed by atoms with E-state index in [0.717, 1.165) is 60.8 Å². The van der Waals surface area contributed by atoms with Crippen LogP contribution >= 0.6 is 0 Å². The van der Waals surface area contributed by atoms with E-state index in [2.05, 4.69) is 101 Å². The fraction of sp³-hybridized carbons (Fsp3) is 0.220. The Hall–Kier alpha value is -8.38. The molecular weight excluding hydrogens is 889 g/mol. The van der Waals surface area contributed by atoms with Crippen molar-refractivity contribution >= 4 is 11.8 Å². The summed E-state index contributed by atoms with van der Waals surface area (Å²) >= 11 is 0.